The van der Waals surface area contributed by atoms with Crippen molar-refractivity contribution in [2.45, 2.75) is 52.5 Å². The van der Waals surface area contributed by atoms with Gasteiger partial charge in [0.05, 0.1) is 6.04 Å². The predicted molar refractivity (Wildman–Crippen MR) is 66.7 cm³/mol. The summed E-state index contributed by atoms with van der Waals surface area (Å²) in [6, 6.07) is 0.274. The van der Waals surface area contributed by atoms with E-state index in [1.165, 1.54) is 6.42 Å². The summed E-state index contributed by atoms with van der Waals surface area (Å²) in [6.45, 7) is 9.92. The zero-order valence-electron chi connectivity index (χ0n) is 11.2. The third-order valence-corrected chi connectivity index (χ3v) is 3.55. The number of hydrogen-bond donors (Lipinski definition) is 1. The molecule has 1 aromatic heterocycles. The average Bonchev–Trinajstić information content (AvgIpc) is 2.83. The van der Waals surface area contributed by atoms with Gasteiger partial charge < -0.3 is 9.84 Å². The highest BCUT2D eigenvalue weighted by atomic mass is 16.5. The van der Waals surface area contributed by atoms with Crippen LogP contribution >= 0.6 is 0 Å². The molecular weight excluding hydrogens is 214 g/mol. The van der Waals surface area contributed by atoms with Crippen LogP contribution in [0.1, 0.15) is 64.2 Å². The second kappa shape index (κ2) is 5.17. The number of hydrogen-bond acceptors (Lipinski definition) is 4. The number of nitrogens with one attached hydrogen (secondary N) is 1. The van der Waals surface area contributed by atoms with Crippen molar-refractivity contribution >= 4 is 0 Å². The lowest BCUT2D eigenvalue weighted by molar-refractivity contribution is 0.321. The van der Waals surface area contributed by atoms with E-state index in [4.69, 9.17) is 4.52 Å². The van der Waals surface area contributed by atoms with Gasteiger partial charge in [-0.3, -0.25) is 0 Å². The molecule has 1 saturated heterocycles. The number of rotatable bonds is 4. The Kier molecular flexibility index (Phi) is 3.82. The third kappa shape index (κ3) is 2.68. The van der Waals surface area contributed by atoms with E-state index >= 15 is 0 Å². The predicted octanol–water partition coefficient (Wildman–Crippen LogP) is 2.89. The first-order valence-corrected chi connectivity index (χ1v) is 6.66. The lowest BCUT2D eigenvalue weighted by Gasteiger charge is -2.20. The van der Waals surface area contributed by atoms with Gasteiger partial charge in [-0.05, 0) is 31.2 Å². The van der Waals surface area contributed by atoms with Crippen molar-refractivity contribution in [2.24, 2.45) is 11.8 Å². The summed E-state index contributed by atoms with van der Waals surface area (Å²) in [5.41, 5.74) is 0. The second-order valence-electron chi connectivity index (χ2n) is 5.65. The second-order valence-corrected chi connectivity index (χ2v) is 5.65. The molecule has 0 saturated carbocycles. The molecule has 4 heteroatoms. The molecule has 0 spiro atoms. The summed E-state index contributed by atoms with van der Waals surface area (Å²) >= 11 is 0. The Hall–Kier alpha value is -0.900. The van der Waals surface area contributed by atoms with Crippen molar-refractivity contribution in [1.82, 2.24) is 15.5 Å². The van der Waals surface area contributed by atoms with Gasteiger partial charge in [-0.1, -0.05) is 32.9 Å². The highest BCUT2D eigenvalue weighted by Gasteiger charge is 2.28. The minimum absolute atomic E-state index is 0.274. The lowest BCUT2D eigenvalue weighted by atomic mass is 9.85. The minimum Gasteiger partial charge on any atom is -0.338 e. The van der Waals surface area contributed by atoms with E-state index in [1.54, 1.807) is 0 Å². The van der Waals surface area contributed by atoms with Crippen LogP contribution in [0.2, 0.25) is 0 Å². The molecule has 1 N–H and O–H groups in total. The molecule has 1 aromatic rings. The Balaban J connectivity index is 2.15. The van der Waals surface area contributed by atoms with Crippen molar-refractivity contribution in [3.05, 3.63) is 11.7 Å². The van der Waals surface area contributed by atoms with Crippen molar-refractivity contribution in [3.8, 4) is 0 Å². The standard InChI is InChI=1S/C13H23N3O/c1-8(2)11(9(3)4)12-15-13(17-16-12)10-6-5-7-14-10/h8-11,14H,5-7H2,1-4H3/t10-/m0/s1. The number of nitrogens with zero attached hydrogens (tertiary/aromatic N) is 2. The Morgan fingerprint density at radius 1 is 1.24 bits per heavy atom. The topological polar surface area (TPSA) is 51.0 Å². The molecule has 96 valence electrons. The van der Waals surface area contributed by atoms with Crippen LogP contribution in [-0.4, -0.2) is 16.7 Å². The smallest absolute Gasteiger partial charge is 0.243 e. The van der Waals surface area contributed by atoms with Gasteiger partial charge in [0, 0.05) is 5.92 Å². The lowest BCUT2D eigenvalue weighted by Crippen LogP contribution is -2.16. The van der Waals surface area contributed by atoms with Crippen LogP contribution in [0.25, 0.3) is 0 Å². The Labute approximate surface area is 103 Å². The Morgan fingerprint density at radius 2 is 1.94 bits per heavy atom. The molecule has 2 heterocycles. The molecule has 0 amide bonds. The van der Waals surface area contributed by atoms with Crippen LogP contribution in [0.15, 0.2) is 4.52 Å². The summed E-state index contributed by atoms with van der Waals surface area (Å²) in [6.07, 6.45) is 2.30. The van der Waals surface area contributed by atoms with Crippen LogP contribution < -0.4 is 5.32 Å². The van der Waals surface area contributed by atoms with Crippen molar-refractivity contribution in [2.75, 3.05) is 6.54 Å². The molecule has 1 atom stereocenters. The molecule has 0 unspecified atom stereocenters. The summed E-state index contributed by atoms with van der Waals surface area (Å²) < 4.78 is 5.41. The van der Waals surface area contributed by atoms with E-state index in [-0.39, 0.29) is 6.04 Å². The van der Waals surface area contributed by atoms with Crippen LogP contribution in [0.4, 0.5) is 0 Å². The van der Waals surface area contributed by atoms with E-state index in [0.29, 0.717) is 17.8 Å². The maximum Gasteiger partial charge on any atom is 0.243 e. The van der Waals surface area contributed by atoms with E-state index < -0.39 is 0 Å². The minimum atomic E-state index is 0.274. The third-order valence-electron chi connectivity index (χ3n) is 3.55. The average molecular weight is 237 g/mol. The quantitative estimate of drug-likeness (QED) is 0.874. The van der Waals surface area contributed by atoms with Crippen LogP contribution in [0, 0.1) is 11.8 Å². The summed E-state index contributed by atoms with van der Waals surface area (Å²) in [7, 11) is 0. The summed E-state index contributed by atoms with van der Waals surface area (Å²) in [5, 5.41) is 7.56. The van der Waals surface area contributed by atoms with Gasteiger partial charge in [-0.2, -0.15) is 4.98 Å². The molecule has 1 aliphatic heterocycles. The molecule has 0 aliphatic carbocycles. The van der Waals surface area contributed by atoms with E-state index in [1.807, 2.05) is 0 Å². The normalized spacial score (nSPS) is 21.0. The van der Waals surface area contributed by atoms with Crippen molar-refractivity contribution < 1.29 is 4.52 Å². The van der Waals surface area contributed by atoms with Crippen LogP contribution in [0.5, 0.6) is 0 Å². The van der Waals surface area contributed by atoms with E-state index in [2.05, 4.69) is 43.2 Å². The molecule has 1 aliphatic rings. The zero-order valence-corrected chi connectivity index (χ0v) is 11.2. The highest BCUT2D eigenvalue weighted by Crippen LogP contribution is 2.31. The molecular formula is C13H23N3O. The van der Waals surface area contributed by atoms with Crippen LogP contribution in [0.3, 0.4) is 0 Å². The van der Waals surface area contributed by atoms with Gasteiger partial charge in [0.2, 0.25) is 5.89 Å². The van der Waals surface area contributed by atoms with Gasteiger partial charge >= 0.3 is 0 Å². The van der Waals surface area contributed by atoms with Gasteiger partial charge in [0.25, 0.3) is 0 Å². The first kappa shape index (κ1) is 12.6. The van der Waals surface area contributed by atoms with E-state index in [9.17, 15) is 0 Å². The largest absolute Gasteiger partial charge is 0.338 e. The first-order chi connectivity index (χ1) is 8.09. The molecule has 17 heavy (non-hydrogen) atoms. The van der Waals surface area contributed by atoms with Crippen molar-refractivity contribution in [1.29, 1.82) is 0 Å². The summed E-state index contributed by atoms with van der Waals surface area (Å²) in [4.78, 5) is 4.59. The fraction of sp³-hybridized carbons (Fsp3) is 0.846. The van der Waals surface area contributed by atoms with Gasteiger partial charge in [0.15, 0.2) is 5.82 Å². The Bertz CT molecular complexity index is 345. The maximum absolute atomic E-state index is 5.41. The molecule has 0 radical (unpaired) electrons. The molecule has 4 nitrogen and oxygen atoms in total. The van der Waals surface area contributed by atoms with E-state index in [0.717, 1.165) is 24.7 Å². The maximum atomic E-state index is 5.41. The van der Waals surface area contributed by atoms with Gasteiger partial charge in [-0.25, -0.2) is 0 Å². The monoisotopic (exact) mass is 237 g/mol. The molecule has 0 aromatic carbocycles. The fourth-order valence-electron chi connectivity index (χ4n) is 2.79. The Morgan fingerprint density at radius 3 is 2.47 bits per heavy atom. The van der Waals surface area contributed by atoms with Crippen LogP contribution in [-0.2, 0) is 0 Å². The number of aromatic nitrogens is 2. The van der Waals surface area contributed by atoms with Gasteiger partial charge in [-0.15, -0.1) is 0 Å². The summed E-state index contributed by atoms with van der Waals surface area (Å²) in [5.74, 6) is 3.10. The van der Waals surface area contributed by atoms with Gasteiger partial charge in [0.1, 0.15) is 0 Å². The SMILES string of the molecule is CC(C)C(c1noc([C@@H]2CCCN2)n1)C(C)C. The molecule has 2 rings (SSSR count). The molecule has 1 fully saturated rings. The molecule has 0 bridgehead atoms. The highest BCUT2D eigenvalue weighted by molar-refractivity contribution is 5.02. The fourth-order valence-corrected chi connectivity index (χ4v) is 2.79. The zero-order chi connectivity index (χ0) is 12.4. The van der Waals surface area contributed by atoms with Crippen molar-refractivity contribution in [3.63, 3.8) is 0 Å². The first-order valence-electron chi connectivity index (χ1n) is 6.66.